The first kappa shape index (κ1) is 16.2. The number of carbonyl (C=O) groups is 1. The molecule has 0 aliphatic rings. The average Bonchev–Trinajstić information content (AvgIpc) is 2.58. The zero-order valence-electron chi connectivity index (χ0n) is 13.3. The number of halogens is 1. The molecule has 1 aromatic carbocycles. The van der Waals surface area contributed by atoms with Gasteiger partial charge in [0, 0.05) is 28.8 Å². The lowest BCUT2D eigenvalue weighted by Gasteiger charge is -2.13. The van der Waals surface area contributed by atoms with Gasteiger partial charge in [0.05, 0.1) is 12.8 Å². The lowest BCUT2D eigenvalue weighted by molar-refractivity contribution is 0.0601. The van der Waals surface area contributed by atoms with Gasteiger partial charge in [-0.2, -0.15) is 0 Å². The molecule has 0 saturated heterocycles. The van der Waals surface area contributed by atoms with Crippen molar-refractivity contribution in [3.63, 3.8) is 0 Å². The fraction of sp³-hybridized carbons (Fsp3) is 0.167. The van der Waals surface area contributed by atoms with E-state index in [9.17, 15) is 4.79 Å². The number of methoxy groups -OCH3 is 1. The lowest BCUT2D eigenvalue weighted by Crippen LogP contribution is -2.10. The van der Waals surface area contributed by atoms with E-state index in [1.807, 2.05) is 43.3 Å². The highest BCUT2D eigenvalue weighted by Gasteiger charge is 2.16. The molecule has 5 nitrogen and oxygen atoms in total. The van der Waals surface area contributed by atoms with Gasteiger partial charge in [0.15, 0.2) is 5.65 Å². The molecule has 0 amide bonds. The first-order chi connectivity index (χ1) is 11.6. The van der Waals surface area contributed by atoms with Crippen LogP contribution in [-0.4, -0.2) is 23.0 Å². The van der Waals surface area contributed by atoms with Gasteiger partial charge in [-0.25, -0.2) is 14.8 Å². The minimum Gasteiger partial charge on any atom is -0.465 e. The number of benzene rings is 1. The first-order valence-electron chi connectivity index (χ1n) is 7.41. The van der Waals surface area contributed by atoms with Crippen LogP contribution in [0, 0.1) is 6.92 Å². The number of aromatic nitrogens is 2. The second kappa shape index (κ2) is 6.84. The van der Waals surface area contributed by atoms with Gasteiger partial charge in [-0.15, -0.1) is 0 Å². The third-order valence-corrected chi connectivity index (χ3v) is 3.87. The van der Waals surface area contributed by atoms with Crippen LogP contribution in [0.25, 0.3) is 11.0 Å². The number of fused-ring (bicyclic) bond motifs is 1. The Kier molecular flexibility index (Phi) is 4.62. The zero-order valence-corrected chi connectivity index (χ0v) is 14.1. The van der Waals surface area contributed by atoms with Crippen LogP contribution >= 0.6 is 11.6 Å². The van der Waals surface area contributed by atoms with Gasteiger partial charge >= 0.3 is 5.97 Å². The van der Waals surface area contributed by atoms with Crippen LogP contribution in [0.5, 0.6) is 0 Å². The number of nitrogens with zero attached hydrogens (tertiary/aromatic N) is 2. The summed E-state index contributed by atoms with van der Waals surface area (Å²) in [6.07, 6.45) is 1.49. The first-order valence-corrected chi connectivity index (χ1v) is 7.79. The summed E-state index contributed by atoms with van der Waals surface area (Å²) in [4.78, 5) is 20.7. The highest BCUT2D eigenvalue weighted by atomic mass is 35.5. The highest BCUT2D eigenvalue weighted by Crippen LogP contribution is 2.26. The number of carbonyl (C=O) groups excluding carboxylic acids is 1. The van der Waals surface area contributed by atoms with E-state index in [0.29, 0.717) is 28.5 Å². The van der Waals surface area contributed by atoms with Crippen molar-refractivity contribution in [3.8, 4) is 0 Å². The minimum atomic E-state index is -0.446. The summed E-state index contributed by atoms with van der Waals surface area (Å²) in [7, 11) is 1.35. The Morgan fingerprint density at radius 1 is 1.29 bits per heavy atom. The predicted molar refractivity (Wildman–Crippen MR) is 94.4 cm³/mol. The Balaban J connectivity index is 2.03. The standard InChI is InChI=1S/C18H16ClN3O2/c1-11-6-7-14-16(20-9-12-4-3-5-13(19)8-12)15(18(23)24-2)10-21-17(14)22-11/h3-8,10H,9H2,1-2H3,(H,20,21,22). The van der Waals surface area contributed by atoms with Gasteiger partial charge < -0.3 is 10.1 Å². The summed E-state index contributed by atoms with van der Waals surface area (Å²) in [5, 5.41) is 4.73. The highest BCUT2D eigenvalue weighted by molar-refractivity contribution is 6.30. The Bertz CT molecular complexity index is 912. The van der Waals surface area contributed by atoms with Gasteiger partial charge in [0.1, 0.15) is 5.56 Å². The maximum absolute atomic E-state index is 12.1. The number of nitrogens with one attached hydrogen (secondary N) is 1. The fourth-order valence-corrected chi connectivity index (χ4v) is 2.68. The van der Waals surface area contributed by atoms with E-state index in [0.717, 1.165) is 16.6 Å². The molecular weight excluding hydrogens is 326 g/mol. The fourth-order valence-electron chi connectivity index (χ4n) is 2.46. The second-order valence-corrected chi connectivity index (χ2v) is 5.78. The zero-order chi connectivity index (χ0) is 17.1. The molecule has 3 rings (SSSR count). The van der Waals surface area contributed by atoms with Crippen LogP contribution in [-0.2, 0) is 11.3 Å². The summed E-state index contributed by atoms with van der Waals surface area (Å²) in [5.74, 6) is -0.446. The van der Waals surface area contributed by atoms with E-state index in [4.69, 9.17) is 16.3 Å². The van der Waals surface area contributed by atoms with Crippen molar-refractivity contribution in [2.75, 3.05) is 12.4 Å². The summed E-state index contributed by atoms with van der Waals surface area (Å²) in [6.45, 7) is 2.41. The largest absolute Gasteiger partial charge is 0.465 e. The predicted octanol–water partition coefficient (Wildman–Crippen LogP) is 3.99. The lowest BCUT2D eigenvalue weighted by atomic mass is 10.1. The van der Waals surface area contributed by atoms with Gasteiger partial charge in [-0.05, 0) is 36.8 Å². The maximum atomic E-state index is 12.1. The van der Waals surface area contributed by atoms with Crippen LogP contribution in [0.2, 0.25) is 5.02 Å². The van der Waals surface area contributed by atoms with E-state index in [1.165, 1.54) is 13.3 Å². The summed E-state index contributed by atoms with van der Waals surface area (Å²) in [6, 6.07) is 11.3. The van der Waals surface area contributed by atoms with Crippen molar-refractivity contribution in [1.29, 1.82) is 0 Å². The molecule has 0 aliphatic carbocycles. The molecule has 2 aromatic heterocycles. The molecule has 0 atom stereocenters. The molecule has 0 aliphatic heterocycles. The molecular formula is C18H16ClN3O2. The van der Waals surface area contributed by atoms with E-state index in [1.54, 1.807) is 0 Å². The van der Waals surface area contributed by atoms with Crippen molar-refractivity contribution in [3.05, 3.63) is 64.4 Å². The average molecular weight is 342 g/mol. The number of esters is 1. The van der Waals surface area contributed by atoms with E-state index >= 15 is 0 Å². The molecule has 0 saturated carbocycles. The number of hydrogen-bond donors (Lipinski definition) is 1. The molecule has 2 heterocycles. The molecule has 0 unspecified atom stereocenters. The van der Waals surface area contributed by atoms with E-state index in [2.05, 4.69) is 15.3 Å². The van der Waals surface area contributed by atoms with Crippen LogP contribution in [0.3, 0.4) is 0 Å². The topological polar surface area (TPSA) is 64.1 Å². The third kappa shape index (κ3) is 3.31. The van der Waals surface area contributed by atoms with Crippen molar-refractivity contribution in [2.24, 2.45) is 0 Å². The minimum absolute atomic E-state index is 0.373. The van der Waals surface area contributed by atoms with Crippen molar-refractivity contribution < 1.29 is 9.53 Å². The molecule has 0 radical (unpaired) electrons. The van der Waals surface area contributed by atoms with Gasteiger partial charge in [0.2, 0.25) is 0 Å². The molecule has 24 heavy (non-hydrogen) atoms. The SMILES string of the molecule is COC(=O)c1cnc2nc(C)ccc2c1NCc1cccc(Cl)c1. The summed E-state index contributed by atoms with van der Waals surface area (Å²) in [5.41, 5.74) is 3.47. The number of pyridine rings is 2. The van der Waals surface area contributed by atoms with Gasteiger partial charge in [-0.3, -0.25) is 0 Å². The number of hydrogen-bond acceptors (Lipinski definition) is 5. The van der Waals surface area contributed by atoms with Gasteiger partial charge in [0.25, 0.3) is 0 Å². The monoisotopic (exact) mass is 341 g/mol. The molecule has 0 spiro atoms. The molecule has 3 aromatic rings. The number of anilines is 1. The summed E-state index contributed by atoms with van der Waals surface area (Å²) < 4.78 is 4.86. The van der Waals surface area contributed by atoms with Crippen molar-refractivity contribution >= 4 is 34.3 Å². The second-order valence-electron chi connectivity index (χ2n) is 5.35. The van der Waals surface area contributed by atoms with E-state index < -0.39 is 5.97 Å². The van der Waals surface area contributed by atoms with Crippen LogP contribution in [0.1, 0.15) is 21.6 Å². The number of ether oxygens (including phenoxy) is 1. The Labute approximate surface area is 144 Å². The van der Waals surface area contributed by atoms with Crippen LogP contribution in [0.4, 0.5) is 5.69 Å². The van der Waals surface area contributed by atoms with E-state index in [-0.39, 0.29) is 0 Å². The molecule has 0 bridgehead atoms. The smallest absolute Gasteiger partial charge is 0.341 e. The maximum Gasteiger partial charge on any atom is 0.341 e. The Morgan fingerprint density at radius 2 is 2.12 bits per heavy atom. The van der Waals surface area contributed by atoms with Crippen LogP contribution in [0.15, 0.2) is 42.6 Å². The summed E-state index contributed by atoms with van der Waals surface area (Å²) >= 11 is 6.02. The van der Waals surface area contributed by atoms with Crippen molar-refractivity contribution in [1.82, 2.24) is 9.97 Å². The third-order valence-electron chi connectivity index (χ3n) is 3.63. The Hall–Kier alpha value is -2.66. The number of rotatable bonds is 4. The van der Waals surface area contributed by atoms with Crippen molar-refractivity contribution in [2.45, 2.75) is 13.5 Å². The quantitative estimate of drug-likeness (QED) is 0.727. The molecule has 6 heteroatoms. The molecule has 1 N–H and O–H groups in total. The molecule has 0 fully saturated rings. The van der Waals surface area contributed by atoms with Gasteiger partial charge in [-0.1, -0.05) is 23.7 Å². The molecule has 122 valence electrons. The van der Waals surface area contributed by atoms with Crippen LogP contribution < -0.4 is 5.32 Å². The Morgan fingerprint density at radius 3 is 2.88 bits per heavy atom. The normalized spacial score (nSPS) is 10.6. The number of aryl methyl sites for hydroxylation is 1.